The molecule has 2 heterocycles. The van der Waals surface area contributed by atoms with Crippen LogP contribution in [0.25, 0.3) is 0 Å². The van der Waals surface area contributed by atoms with E-state index in [1.54, 1.807) is 24.1 Å². The lowest BCUT2D eigenvalue weighted by atomic mass is 10.2. The molecule has 2 rings (SSSR count). The van der Waals surface area contributed by atoms with E-state index in [4.69, 9.17) is 0 Å². The summed E-state index contributed by atoms with van der Waals surface area (Å²) in [6, 6.07) is -0.0571. The summed E-state index contributed by atoms with van der Waals surface area (Å²) in [5, 5.41) is 9.39. The number of nitrogens with one attached hydrogen (secondary N) is 2. The minimum absolute atomic E-state index is 0.0571. The highest BCUT2D eigenvalue weighted by molar-refractivity contribution is 7.11. The van der Waals surface area contributed by atoms with Crippen LogP contribution in [-0.4, -0.2) is 21.1 Å². The molecule has 0 saturated heterocycles. The highest BCUT2D eigenvalue weighted by atomic mass is 32.1. The first-order valence-corrected chi connectivity index (χ1v) is 5.33. The fourth-order valence-corrected chi connectivity index (χ4v) is 1.70. The average Bonchev–Trinajstić information content (AvgIpc) is 2.91. The summed E-state index contributed by atoms with van der Waals surface area (Å²) in [4.78, 5) is 16.1. The Balaban J connectivity index is 2.01. The molecule has 0 radical (unpaired) electrons. The molecule has 6 heteroatoms. The highest BCUT2D eigenvalue weighted by Gasteiger charge is 2.12. The van der Waals surface area contributed by atoms with Crippen LogP contribution in [-0.2, 0) is 0 Å². The molecule has 78 valence electrons. The van der Waals surface area contributed by atoms with Gasteiger partial charge in [-0.25, -0.2) is 0 Å². The number of thiazole rings is 1. The Morgan fingerprint density at radius 1 is 1.60 bits per heavy atom. The summed E-state index contributed by atoms with van der Waals surface area (Å²) in [6.07, 6.45) is 5.01. The van der Waals surface area contributed by atoms with Gasteiger partial charge in [-0.2, -0.15) is 5.10 Å². The maximum Gasteiger partial charge on any atom is 0.263 e. The monoisotopic (exact) mass is 222 g/mol. The zero-order valence-electron chi connectivity index (χ0n) is 8.10. The summed E-state index contributed by atoms with van der Waals surface area (Å²) in [7, 11) is 0. The summed E-state index contributed by atoms with van der Waals surface area (Å²) in [6.45, 7) is 1.91. The molecule has 0 aliphatic heterocycles. The second kappa shape index (κ2) is 4.22. The van der Waals surface area contributed by atoms with Gasteiger partial charge >= 0.3 is 0 Å². The number of hydrogen-bond acceptors (Lipinski definition) is 4. The maximum absolute atomic E-state index is 11.6. The van der Waals surface area contributed by atoms with Gasteiger partial charge in [-0.05, 0) is 6.92 Å². The molecule has 0 aromatic carbocycles. The van der Waals surface area contributed by atoms with Gasteiger partial charge in [0.1, 0.15) is 4.88 Å². The molecule has 0 saturated carbocycles. The van der Waals surface area contributed by atoms with E-state index in [1.165, 1.54) is 11.3 Å². The van der Waals surface area contributed by atoms with Gasteiger partial charge in [-0.15, -0.1) is 11.3 Å². The van der Waals surface area contributed by atoms with Crippen molar-refractivity contribution in [2.24, 2.45) is 0 Å². The predicted molar refractivity (Wildman–Crippen MR) is 56.6 cm³/mol. The van der Waals surface area contributed by atoms with E-state index in [-0.39, 0.29) is 11.9 Å². The van der Waals surface area contributed by atoms with Gasteiger partial charge in [0, 0.05) is 11.8 Å². The van der Waals surface area contributed by atoms with Crippen molar-refractivity contribution in [3.05, 3.63) is 34.5 Å². The molecule has 2 aromatic rings. The highest BCUT2D eigenvalue weighted by Crippen LogP contribution is 2.12. The van der Waals surface area contributed by atoms with E-state index in [0.29, 0.717) is 4.88 Å². The van der Waals surface area contributed by atoms with Crippen molar-refractivity contribution in [3.63, 3.8) is 0 Å². The summed E-state index contributed by atoms with van der Waals surface area (Å²) >= 11 is 1.32. The zero-order valence-corrected chi connectivity index (χ0v) is 8.91. The van der Waals surface area contributed by atoms with Crippen LogP contribution in [0.2, 0.25) is 0 Å². The van der Waals surface area contributed by atoms with Gasteiger partial charge in [-0.1, -0.05) is 0 Å². The van der Waals surface area contributed by atoms with Crippen LogP contribution in [0.5, 0.6) is 0 Å². The molecule has 2 N–H and O–H groups in total. The molecule has 0 fully saturated rings. The fourth-order valence-electron chi connectivity index (χ4n) is 1.18. The second-order valence-electron chi connectivity index (χ2n) is 3.09. The molecule has 2 aromatic heterocycles. The number of hydrogen-bond donors (Lipinski definition) is 2. The minimum atomic E-state index is -0.105. The van der Waals surface area contributed by atoms with Crippen molar-refractivity contribution in [1.29, 1.82) is 0 Å². The number of carbonyl (C=O) groups excluding carboxylic acids is 1. The van der Waals surface area contributed by atoms with Crippen molar-refractivity contribution in [1.82, 2.24) is 20.5 Å². The Morgan fingerprint density at radius 3 is 3.07 bits per heavy atom. The molecule has 1 atom stereocenters. The van der Waals surface area contributed by atoms with Crippen LogP contribution < -0.4 is 5.32 Å². The SMILES string of the molecule is CC(NC(=O)c1cncs1)c1cn[nH]c1. The number of carbonyl (C=O) groups is 1. The third-order valence-electron chi connectivity index (χ3n) is 2.02. The van der Waals surface area contributed by atoms with Crippen molar-refractivity contribution in [2.75, 3.05) is 0 Å². The minimum Gasteiger partial charge on any atom is -0.345 e. The van der Waals surface area contributed by atoms with Gasteiger partial charge < -0.3 is 5.32 Å². The molecular weight excluding hydrogens is 212 g/mol. The smallest absolute Gasteiger partial charge is 0.263 e. The largest absolute Gasteiger partial charge is 0.345 e. The quantitative estimate of drug-likeness (QED) is 0.823. The topological polar surface area (TPSA) is 70.7 Å². The molecule has 0 aliphatic carbocycles. The number of rotatable bonds is 3. The Bertz CT molecular complexity index is 423. The lowest BCUT2D eigenvalue weighted by Gasteiger charge is -2.10. The van der Waals surface area contributed by atoms with Gasteiger partial charge in [0.05, 0.1) is 23.9 Å². The van der Waals surface area contributed by atoms with E-state index < -0.39 is 0 Å². The Hall–Kier alpha value is -1.69. The third kappa shape index (κ3) is 2.21. The maximum atomic E-state index is 11.6. The normalized spacial score (nSPS) is 12.3. The standard InChI is InChI=1S/C9H10N4OS/c1-6(7-2-11-12-3-7)13-9(14)8-4-10-5-15-8/h2-6H,1H3,(H,11,12)(H,13,14). The molecular formula is C9H10N4OS. The van der Waals surface area contributed by atoms with Gasteiger partial charge in [0.25, 0.3) is 5.91 Å². The van der Waals surface area contributed by atoms with Crippen LogP contribution in [0.4, 0.5) is 0 Å². The first-order chi connectivity index (χ1) is 7.27. The Morgan fingerprint density at radius 2 is 2.47 bits per heavy atom. The van der Waals surface area contributed by atoms with Gasteiger partial charge in [0.15, 0.2) is 0 Å². The van der Waals surface area contributed by atoms with E-state index in [1.807, 2.05) is 6.92 Å². The number of H-pyrrole nitrogens is 1. The van der Waals surface area contributed by atoms with E-state index in [0.717, 1.165) is 5.56 Å². The molecule has 5 nitrogen and oxygen atoms in total. The van der Waals surface area contributed by atoms with Crippen molar-refractivity contribution < 1.29 is 4.79 Å². The second-order valence-corrected chi connectivity index (χ2v) is 3.98. The predicted octanol–water partition coefficient (Wildman–Crippen LogP) is 1.36. The number of amides is 1. The average molecular weight is 222 g/mol. The number of nitrogens with zero attached hydrogens (tertiary/aromatic N) is 2. The summed E-state index contributed by atoms with van der Waals surface area (Å²) < 4.78 is 0. The van der Waals surface area contributed by atoms with E-state index >= 15 is 0 Å². The molecule has 1 amide bonds. The summed E-state index contributed by atoms with van der Waals surface area (Å²) in [5.74, 6) is -0.105. The Labute approximate surface area is 90.6 Å². The van der Waals surface area contributed by atoms with Gasteiger partial charge in [-0.3, -0.25) is 14.9 Å². The zero-order chi connectivity index (χ0) is 10.7. The lowest BCUT2D eigenvalue weighted by molar-refractivity contribution is 0.0944. The Kier molecular flexibility index (Phi) is 2.77. The van der Waals surface area contributed by atoms with Crippen molar-refractivity contribution >= 4 is 17.2 Å². The molecule has 0 spiro atoms. The molecule has 0 aliphatic rings. The number of aromatic nitrogens is 3. The van der Waals surface area contributed by atoms with Crippen LogP contribution in [0, 0.1) is 0 Å². The third-order valence-corrected chi connectivity index (χ3v) is 2.79. The van der Waals surface area contributed by atoms with Crippen molar-refractivity contribution in [2.45, 2.75) is 13.0 Å². The van der Waals surface area contributed by atoms with E-state index in [2.05, 4.69) is 20.5 Å². The first kappa shape index (κ1) is 9.85. The summed E-state index contributed by atoms with van der Waals surface area (Å²) in [5.41, 5.74) is 2.59. The van der Waals surface area contributed by atoms with Crippen molar-refractivity contribution in [3.8, 4) is 0 Å². The fraction of sp³-hybridized carbons (Fsp3) is 0.222. The first-order valence-electron chi connectivity index (χ1n) is 4.45. The van der Waals surface area contributed by atoms with Crippen LogP contribution in [0.3, 0.4) is 0 Å². The molecule has 1 unspecified atom stereocenters. The molecule has 0 bridgehead atoms. The lowest BCUT2D eigenvalue weighted by Crippen LogP contribution is -2.25. The molecule has 15 heavy (non-hydrogen) atoms. The number of aromatic amines is 1. The van der Waals surface area contributed by atoms with E-state index in [9.17, 15) is 4.79 Å². The van der Waals surface area contributed by atoms with Gasteiger partial charge in [0.2, 0.25) is 0 Å². The van der Waals surface area contributed by atoms with Crippen LogP contribution >= 0.6 is 11.3 Å². The van der Waals surface area contributed by atoms with Crippen LogP contribution in [0.15, 0.2) is 24.1 Å². The van der Waals surface area contributed by atoms with Crippen LogP contribution in [0.1, 0.15) is 28.2 Å².